The Balaban J connectivity index is 1.04. The van der Waals surface area contributed by atoms with E-state index < -0.39 is 5.60 Å². The minimum atomic E-state index is -0.516. The molecule has 2 saturated heterocycles. The molecule has 6 rings (SSSR count). The molecule has 0 spiro atoms. The van der Waals surface area contributed by atoms with E-state index in [-0.39, 0.29) is 24.1 Å². The van der Waals surface area contributed by atoms with Crippen LogP contribution in [0.15, 0.2) is 71.8 Å². The fraction of sp³-hybridized carbons (Fsp3) is 0.395. The van der Waals surface area contributed by atoms with Gasteiger partial charge in [0.1, 0.15) is 28.8 Å². The van der Waals surface area contributed by atoms with Crippen LogP contribution in [-0.4, -0.2) is 70.5 Å². The normalized spacial score (nSPS) is 18.7. The van der Waals surface area contributed by atoms with E-state index in [0.717, 1.165) is 65.3 Å². The van der Waals surface area contributed by atoms with Crippen molar-refractivity contribution in [3.63, 3.8) is 0 Å². The first-order valence-corrected chi connectivity index (χ1v) is 17.2. The van der Waals surface area contributed by atoms with Gasteiger partial charge in [-0.15, -0.1) is 0 Å². The number of benzene rings is 1. The lowest BCUT2D eigenvalue weighted by Gasteiger charge is -2.36. The zero-order valence-electron chi connectivity index (χ0n) is 29.4. The number of fused-ring (bicyclic) bond motifs is 3. The smallest absolute Gasteiger partial charge is 0.410 e. The predicted molar refractivity (Wildman–Crippen MR) is 197 cm³/mol. The maximum atomic E-state index is 13.2. The monoisotopic (exact) mass is 678 g/mol. The second-order valence-corrected chi connectivity index (χ2v) is 13.8. The average molecular weight is 679 g/mol. The van der Waals surface area contributed by atoms with Crippen molar-refractivity contribution in [1.82, 2.24) is 14.9 Å². The molecule has 50 heavy (non-hydrogen) atoms. The predicted octanol–water partition coefficient (Wildman–Crippen LogP) is 6.16. The second-order valence-electron chi connectivity index (χ2n) is 13.8. The van der Waals surface area contributed by atoms with Crippen LogP contribution in [0, 0.1) is 0 Å². The summed E-state index contributed by atoms with van der Waals surface area (Å²) >= 11 is 0. The van der Waals surface area contributed by atoms with E-state index in [4.69, 9.17) is 20.2 Å². The van der Waals surface area contributed by atoms with Gasteiger partial charge in [0.15, 0.2) is 0 Å². The number of likely N-dealkylation sites (tertiary alicyclic amines) is 1. The summed E-state index contributed by atoms with van der Waals surface area (Å²) in [7, 11) is 0. The van der Waals surface area contributed by atoms with Gasteiger partial charge in [0.05, 0.1) is 24.5 Å². The lowest BCUT2D eigenvalue weighted by Crippen LogP contribution is -2.50. The van der Waals surface area contributed by atoms with E-state index in [0.29, 0.717) is 36.9 Å². The van der Waals surface area contributed by atoms with Crippen LogP contribution in [0.25, 0.3) is 5.57 Å². The van der Waals surface area contributed by atoms with E-state index in [1.165, 1.54) is 0 Å². The van der Waals surface area contributed by atoms with Gasteiger partial charge in [-0.1, -0.05) is 19.1 Å². The van der Waals surface area contributed by atoms with Crippen molar-refractivity contribution in [3.8, 4) is 5.75 Å². The van der Waals surface area contributed by atoms with Crippen LogP contribution < -0.4 is 26.0 Å². The van der Waals surface area contributed by atoms with Gasteiger partial charge in [-0.05, 0) is 88.1 Å². The highest BCUT2D eigenvalue weighted by Crippen LogP contribution is 2.38. The Bertz CT molecular complexity index is 1830. The van der Waals surface area contributed by atoms with Crippen molar-refractivity contribution in [2.24, 2.45) is 10.7 Å². The van der Waals surface area contributed by atoms with Gasteiger partial charge in [0, 0.05) is 61.2 Å². The lowest BCUT2D eigenvalue weighted by molar-refractivity contribution is 0.0214. The number of carbonyl (C=O) groups excluding carboxylic acids is 2. The number of rotatable bonds is 10. The highest BCUT2D eigenvalue weighted by molar-refractivity contribution is 6.03. The number of amides is 2. The second kappa shape index (κ2) is 14.6. The molecule has 2 amide bonds. The standard InChI is InChI=1S/C38H46N8O4/c1-6-8-32(39)40-15-13-24(2)31-21-43-35(30-14-16-49-34(30)31)42-19-25-9-7-10-26(17-25)36(47)44-33-12-11-27(20-41-33)45-22-29-18-28(45)23-46(29)37(48)50-38(3,4)5/h7-13,15,17,20-21,28-29H,6,14,16,18-19,22-23,39H2,1-5H3,(H,42,43)(H,41,44,47)/b24-13+,32-8+,40-15-. The van der Waals surface area contributed by atoms with Crippen LogP contribution in [0.4, 0.5) is 22.1 Å². The van der Waals surface area contributed by atoms with Crippen LogP contribution in [-0.2, 0) is 17.7 Å². The van der Waals surface area contributed by atoms with Gasteiger partial charge >= 0.3 is 6.09 Å². The van der Waals surface area contributed by atoms with E-state index in [1.807, 2.05) is 88.2 Å². The highest BCUT2D eigenvalue weighted by atomic mass is 16.6. The molecule has 2 aromatic heterocycles. The quantitative estimate of drug-likeness (QED) is 0.215. The van der Waals surface area contributed by atoms with Gasteiger partial charge in [-0.25, -0.2) is 19.8 Å². The number of nitrogens with two attached hydrogens (primary N) is 1. The summed E-state index contributed by atoms with van der Waals surface area (Å²) in [6, 6.07) is 11.6. The number of anilines is 3. The molecule has 2 atom stereocenters. The number of nitrogens with one attached hydrogen (secondary N) is 2. The Morgan fingerprint density at radius 2 is 1.98 bits per heavy atom. The number of nitrogens with zero attached hydrogens (tertiary/aromatic N) is 5. The topological polar surface area (TPSA) is 147 Å². The van der Waals surface area contributed by atoms with Crippen molar-refractivity contribution in [2.45, 2.75) is 78.1 Å². The number of ether oxygens (including phenoxy) is 2. The number of aliphatic imine (C=N–C) groups is 1. The van der Waals surface area contributed by atoms with Gasteiger partial charge in [0.25, 0.3) is 5.91 Å². The Kier molecular flexibility index (Phi) is 10.1. The van der Waals surface area contributed by atoms with E-state index in [1.54, 1.807) is 18.5 Å². The third kappa shape index (κ3) is 7.90. The zero-order valence-corrected chi connectivity index (χ0v) is 29.4. The molecule has 5 heterocycles. The number of hydrogen-bond acceptors (Lipinski definition) is 10. The summed E-state index contributed by atoms with van der Waals surface area (Å²) in [6.45, 7) is 12.1. The summed E-state index contributed by atoms with van der Waals surface area (Å²) in [5.41, 5.74) is 10.7. The van der Waals surface area contributed by atoms with Crippen molar-refractivity contribution < 1.29 is 19.1 Å². The first-order chi connectivity index (χ1) is 24.0. The SMILES string of the molecule is CC/C=C(N)/N=C\C=C(/C)c1cnc(NCc2cccc(C(=O)Nc3ccc(N4CC5CC4CN5C(=O)OC(C)(C)C)cn3)c2)c2c1OCC2. The lowest BCUT2D eigenvalue weighted by atomic mass is 10.0. The largest absolute Gasteiger partial charge is 0.492 e. The van der Waals surface area contributed by atoms with E-state index in [2.05, 4.69) is 25.5 Å². The summed E-state index contributed by atoms with van der Waals surface area (Å²) in [5.74, 6) is 2.31. The fourth-order valence-corrected chi connectivity index (χ4v) is 6.56. The molecule has 0 radical (unpaired) electrons. The molecular formula is C38H46N8O4. The third-order valence-corrected chi connectivity index (χ3v) is 8.95. The molecule has 12 nitrogen and oxygen atoms in total. The Morgan fingerprint density at radius 3 is 2.70 bits per heavy atom. The van der Waals surface area contributed by atoms with Gasteiger partial charge in [-0.3, -0.25) is 4.79 Å². The summed E-state index contributed by atoms with van der Waals surface area (Å²) in [4.78, 5) is 43.4. The molecule has 262 valence electrons. The third-order valence-electron chi connectivity index (χ3n) is 8.95. The number of hydrogen-bond donors (Lipinski definition) is 3. The summed E-state index contributed by atoms with van der Waals surface area (Å²) in [6.07, 6.45) is 11.3. The molecular weight excluding hydrogens is 632 g/mol. The van der Waals surface area contributed by atoms with Crippen molar-refractivity contribution in [1.29, 1.82) is 0 Å². The molecule has 2 unspecified atom stereocenters. The number of carbonyl (C=O) groups is 2. The molecule has 2 fully saturated rings. The van der Waals surface area contributed by atoms with Gasteiger partial charge < -0.3 is 35.6 Å². The summed E-state index contributed by atoms with van der Waals surface area (Å²) < 4.78 is 11.6. The number of allylic oxidation sites excluding steroid dienone is 3. The molecule has 3 aliphatic heterocycles. The van der Waals surface area contributed by atoms with Crippen LogP contribution >= 0.6 is 0 Å². The Hall–Kier alpha value is -5.39. The zero-order chi connectivity index (χ0) is 35.4. The molecule has 4 N–H and O–H groups in total. The maximum absolute atomic E-state index is 13.2. The maximum Gasteiger partial charge on any atom is 0.410 e. The van der Waals surface area contributed by atoms with Crippen molar-refractivity contribution >= 4 is 41.1 Å². The van der Waals surface area contributed by atoms with E-state index >= 15 is 0 Å². The van der Waals surface area contributed by atoms with Crippen LogP contribution in [0.3, 0.4) is 0 Å². The molecule has 0 aliphatic carbocycles. The molecule has 3 aliphatic rings. The molecule has 12 heteroatoms. The Labute approximate surface area is 293 Å². The van der Waals surface area contributed by atoms with Crippen molar-refractivity contribution in [2.75, 3.05) is 35.2 Å². The molecule has 0 saturated carbocycles. The molecule has 2 bridgehead atoms. The first-order valence-electron chi connectivity index (χ1n) is 17.2. The molecule has 3 aromatic rings. The Morgan fingerprint density at radius 1 is 1.14 bits per heavy atom. The van der Waals surface area contributed by atoms with Crippen LogP contribution in [0.1, 0.15) is 74.5 Å². The van der Waals surface area contributed by atoms with Gasteiger partial charge in [-0.2, -0.15) is 0 Å². The minimum Gasteiger partial charge on any atom is -0.492 e. The number of aromatic nitrogens is 2. The van der Waals surface area contributed by atoms with E-state index in [9.17, 15) is 9.59 Å². The van der Waals surface area contributed by atoms with Gasteiger partial charge in [0.2, 0.25) is 0 Å². The molecule has 1 aromatic carbocycles. The summed E-state index contributed by atoms with van der Waals surface area (Å²) in [5, 5.41) is 6.36. The van der Waals surface area contributed by atoms with Crippen LogP contribution in [0.5, 0.6) is 5.75 Å². The van der Waals surface area contributed by atoms with Crippen molar-refractivity contribution in [3.05, 3.63) is 89.0 Å². The van der Waals surface area contributed by atoms with Crippen LogP contribution in [0.2, 0.25) is 0 Å². The average Bonchev–Trinajstić information content (AvgIpc) is 3.84. The number of piperazine rings is 1. The number of pyridine rings is 2. The highest BCUT2D eigenvalue weighted by Gasteiger charge is 2.46. The fourth-order valence-electron chi connectivity index (χ4n) is 6.56. The first kappa shape index (κ1) is 34.5. The minimum absolute atomic E-state index is 0.116.